The molecule has 156 valence electrons. The molecule has 0 atom stereocenters. The number of amides is 3. The molecule has 3 rings (SSSR count). The van der Waals surface area contributed by atoms with Gasteiger partial charge >= 0.3 is 12.0 Å². The fourth-order valence-electron chi connectivity index (χ4n) is 2.69. The van der Waals surface area contributed by atoms with Crippen LogP contribution in [-0.2, 0) is 9.53 Å². The van der Waals surface area contributed by atoms with Crippen LogP contribution in [0.15, 0.2) is 34.9 Å². The monoisotopic (exact) mass is 414 g/mol. The van der Waals surface area contributed by atoms with Crippen molar-refractivity contribution in [1.82, 2.24) is 20.8 Å². The van der Waals surface area contributed by atoms with Crippen LogP contribution in [0.4, 0.5) is 9.18 Å². The summed E-state index contributed by atoms with van der Waals surface area (Å²) in [5, 5.41) is 8.69. The maximum Gasteiger partial charge on any atom is 0.339 e. The van der Waals surface area contributed by atoms with E-state index in [4.69, 9.17) is 9.26 Å². The first-order chi connectivity index (χ1) is 14.2. The van der Waals surface area contributed by atoms with Crippen molar-refractivity contribution in [3.8, 4) is 11.3 Å². The molecule has 9 nitrogen and oxygen atoms in total. The Balaban J connectivity index is 1.82. The molecule has 3 aromatic rings. The SMILES string of the molecule is Cc1noc2nc(-c3ccc(F)cc3)cc(C(=O)OCC(=O)NC(=O)NC(C)C)c12. The van der Waals surface area contributed by atoms with E-state index < -0.39 is 30.3 Å². The van der Waals surface area contributed by atoms with Gasteiger partial charge in [0.15, 0.2) is 6.61 Å². The number of benzene rings is 1. The predicted molar refractivity (Wildman–Crippen MR) is 104 cm³/mol. The number of hydrogen-bond acceptors (Lipinski definition) is 7. The lowest BCUT2D eigenvalue weighted by atomic mass is 10.1. The number of halogens is 1. The molecular weight excluding hydrogens is 395 g/mol. The fraction of sp³-hybridized carbons (Fsp3) is 0.250. The highest BCUT2D eigenvalue weighted by atomic mass is 19.1. The van der Waals surface area contributed by atoms with Gasteiger partial charge in [-0.25, -0.2) is 19.0 Å². The summed E-state index contributed by atoms with van der Waals surface area (Å²) in [6.07, 6.45) is 0. The molecule has 0 saturated carbocycles. The average Bonchev–Trinajstić information content (AvgIpc) is 3.06. The molecular formula is C20H19FN4O5. The number of aryl methyl sites for hydroxylation is 1. The van der Waals surface area contributed by atoms with Gasteiger partial charge < -0.3 is 14.6 Å². The highest BCUT2D eigenvalue weighted by Gasteiger charge is 2.21. The van der Waals surface area contributed by atoms with E-state index in [0.29, 0.717) is 22.3 Å². The minimum absolute atomic E-state index is 0.0810. The third-order valence-corrected chi connectivity index (χ3v) is 3.98. The Morgan fingerprint density at radius 2 is 1.90 bits per heavy atom. The van der Waals surface area contributed by atoms with Gasteiger partial charge in [0.05, 0.1) is 22.3 Å². The molecule has 1 aromatic carbocycles. The first kappa shape index (κ1) is 20.9. The average molecular weight is 414 g/mol. The number of urea groups is 1. The van der Waals surface area contributed by atoms with Crippen LogP contribution in [0.1, 0.15) is 29.9 Å². The van der Waals surface area contributed by atoms with Crippen LogP contribution in [0.25, 0.3) is 22.4 Å². The van der Waals surface area contributed by atoms with E-state index in [-0.39, 0.29) is 17.3 Å². The molecule has 2 aromatic heterocycles. The molecule has 0 aliphatic rings. The summed E-state index contributed by atoms with van der Waals surface area (Å²) in [4.78, 5) is 40.4. The van der Waals surface area contributed by atoms with Crippen molar-refractivity contribution in [1.29, 1.82) is 0 Å². The Morgan fingerprint density at radius 1 is 1.20 bits per heavy atom. The van der Waals surface area contributed by atoms with Gasteiger partial charge in [-0.15, -0.1) is 0 Å². The smallest absolute Gasteiger partial charge is 0.339 e. The van der Waals surface area contributed by atoms with Crippen molar-refractivity contribution in [2.24, 2.45) is 0 Å². The molecule has 2 N–H and O–H groups in total. The summed E-state index contributed by atoms with van der Waals surface area (Å²) >= 11 is 0. The van der Waals surface area contributed by atoms with Gasteiger partial charge in [0.1, 0.15) is 5.82 Å². The van der Waals surface area contributed by atoms with Crippen LogP contribution >= 0.6 is 0 Å². The molecule has 0 fully saturated rings. The predicted octanol–water partition coefficient (Wildman–Crippen LogP) is 2.73. The van der Waals surface area contributed by atoms with Gasteiger partial charge in [-0.05, 0) is 51.1 Å². The number of nitrogens with zero attached hydrogens (tertiary/aromatic N) is 2. The Morgan fingerprint density at radius 3 is 2.57 bits per heavy atom. The third kappa shape index (κ3) is 4.77. The van der Waals surface area contributed by atoms with Crippen LogP contribution in [0, 0.1) is 12.7 Å². The van der Waals surface area contributed by atoms with Crippen LogP contribution < -0.4 is 10.6 Å². The number of nitrogens with one attached hydrogen (secondary N) is 2. The van der Waals surface area contributed by atoms with Gasteiger partial charge in [0.25, 0.3) is 11.6 Å². The number of rotatable bonds is 5. The van der Waals surface area contributed by atoms with Gasteiger partial charge in [-0.1, -0.05) is 5.16 Å². The van der Waals surface area contributed by atoms with E-state index in [1.165, 1.54) is 30.3 Å². The molecule has 0 spiro atoms. The molecule has 10 heteroatoms. The summed E-state index contributed by atoms with van der Waals surface area (Å²) in [7, 11) is 0. The first-order valence-corrected chi connectivity index (χ1v) is 9.05. The van der Waals surface area contributed by atoms with Crippen LogP contribution in [0.5, 0.6) is 0 Å². The molecule has 0 aliphatic carbocycles. The van der Waals surface area contributed by atoms with Crippen molar-refractivity contribution in [3.05, 3.63) is 47.4 Å². The molecule has 2 heterocycles. The zero-order chi connectivity index (χ0) is 21.8. The van der Waals surface area contributed by atoms with E-state index in [1.807, 2.05) is 0 Å². The second-order valence-electron chi connectivity index (χ2n) is 6.76. The minimum atomic E-state index is -0.823. The van der Waals surface area contributed by atoms with Crippen LogP contribution in [0.3, 0.4) is 0 Å². The highest BCUT2D eigenvalue weighted by molar-refractivity contribution is 6.05. The number of fused-ring (bicyclic) bond motifs is 1. The molecule has 30 heavy (non-hydrogen) atoms. The van der Waals surface area contributed by atoms with Crippen molar-refractivity contribution < 1.29 is 28.0 Å². The quantitative estimate of drug-likeness (QED) is 0.615. The van der Waals surface area contributed by atoms with E-state index in [0.717, 1.165) is 0 Å². The first-order valence-electron chi connectivity index (χ1n) is 9.05. The fourth-order valence-corrected chi connectivity index (χ4v) is 2.69. The number of carbonyl (C=O) groups is 3. The maximum atomic E-state index is 13.2. The van der Waals surface area contributed by atoms with Crippen molar-refractivity contribution in [2.75, 3.05) is 6.61 Å². The topological polar surface area (TPSA) is 123 Å². The Kier molecular flexibility index (Phi) is 6.05. The normalized spacial score (nSPS) is 10.8. The van der Waals surface area contributed by atoms with E-state index >= 15 is 0 Å². The highest BCUT2D eigenvalue weighted by Crippen LogP contribution is 2.27. The van der Waals surface area contributed by atoms with Gasteiger partial charge in [0, 0.05) is 11.6 Å². The number of ether oxygens (including phenoxy) is 1. The number of carbonyl (C=O) groups excluding carboxylic acids is 3. The molecule has 0 unspecified atom stereocenters. The number of imide groups is 1. The lowest BCUT2D eigenvalue weighted by Crippen LogP contribution is -2.44. The Hall–Kier alpha value is -3.82. The van der Waals surface area contributed by atoms with E-state index in [1.54, 1.807) is 20.8 Å². The van der Waals surface area contributed by atoms with Crippen molar-refractivity contribution >= 4 is 29.0 Å². The third-order valence-electron chi connectivity index (χ3n) is 3.98. The summed E-state index contributed by atoms with van der Waals surface area (Å²) in [5.74, 6) is -2.02. The number of esters is 1. The number of pyridine rings is 1. The second-order valence-corrected chi connectivity index (χ2v) is 6.76. The summed E-state index contributed by atoms with van der Waals surface area (Å²) in [6, 6.07) is 6.13. The molecule has 0 saturated heterocycles. The summed E-state index contributed by atoms with van der Waals surface area (Å²) in [5.41, 5.74) is 1.48. The molecule has 0 radical (unpaired) electrons. The van der Waals surface area contributed by atoms with Crippen molar-refractivity contribution in [3.63, 3.8) is 0 Å². The second kappa shape index (κ2) is 8.68. The summed E-state index contributed by atoms with van der Waals surface area (Å²) < 4.78 is 23.4. The van der Waals surface area contributed by atoms with Crippen LogP contribution in [0.2, 0.25) is 0 Å². The van der Waals surface area contributed by atoms with Crippen LogP contribution in [-0.4, -0.2) is 40.7 Å². The van der Waals surface area contributed by atoms with Gasteiger partial charge in [-0.2, -0.15) is 0 Å². The lowest BCUT2D eigenvalue weighted by molar-refractivity contribution is -0.123. The largest absolute Gasteiger partial charge is 0.452 e. The van der Waals surface area contributed by atoms with Crippen molar-refractivity contribution in [2.45, 2.75) is 26.8 Å². The van der Waals surface area contributed by atoms with Gasteiger partial charge in [-0.3, -0.25) is 10.1 Å². The molecule has 0 aliphatic heterocycles. The minimum Gasteiger partial charge on any atom is -0.452 e. The molecule has 3 amide bonds. The standard InChI is InChI=1S/C20H19FN4O5/c1-10(2)22-20(28)24-16(26)9-29-19(27)14-8-15(12-4-6-13(21)7-5-12)23-18-17(14)11(3)25-30-18/h4-8,10H,9H2,1-3H3,(H2,22,24,26,28). The zero-order valence-electron chi connectivity index (χ0n) is 16.5. The zero-order valence-corrected chi connectivity index (χ0v) is 16.5. The van der Waals surface area contributed by atoms with Gasteiger partial charge in [0.2, 0.25) is 0 Å². The van der Waals surface area contributed by atoms with E-state index in [2.05, 4.69) is 20.8 Å². The lowest BCUT2D eigenvalue weighted by Gasteiger charge is -2.10. The summed E-state index contributed by atoms with van der Waals surface area (Å²) in [6.45, 7) is 4.44. The Bertz CT molecular complexity index is 1110. The maximum absolute atomic E-state index is 13.2. The molecule has 0 bridgehead atoms. The number of hydrogen-bond donors (Lipinski definition) is 2. The Labute approximate surface area is 170 Å². The number of aromatic nitrogens is 2. The van der Waals surface area contributed by atoms with E-state index in [9.17, 15) is 18.8 Å².